The third-order valence-corrected chi connectivity index (χ3v) is 9.72. The summed E-state index contributed by atoms with van der Waals surface area (Å²) in [4.78, 5) is 20.4. The molecule has 2 aromatic rings. The van der Waals surface area contributed by atoms with Gasteiger partial charge in [0.15, 0.2) is 0 Å². The first kappa shape index (κ1) is 21.5. The quantitative estimate of drug-likeness (QED) is 0.714. The normalized spacial score (nSPS) is 20.8. The van der Waals surface area contributed by atoms with Crippen molar-refractivity contribution in [2.75, 3.05) is 19.6 Å². The van der Waals surface area contributed by atoms with Crippen molar-refractivity contribution in [2.24, 2.45) is 7.05 Å². The van der Waals surface area contributed by atoms with Gasteiger partial charge in [0.25, 0.3) is 5.91 Å². The molecule has 0 spiro atoms. The molecule has 2 aromatic heterocycles. The topological polar surface area (TPSA) is 75.5 Å². The highest BCUT2D eigenvalue weighted by Gasteiger charge is 2.34. The highest BCUT2D eigenvalue weighted by atomic mass is 32.2. The number of aromatic nitrogens is 2. The number of piperidine rings is 1. The van der Waals surface area contributed by atoms with Crippen molar-refractivity contribution in [3.8, 4) is 10.7 Å². The number of likely N-dealkylation sites (tertiary alicyclic amines) is 1. The highest BCUT2D eigenvalue weighted by Crippen LogP contribution is 2.35. The van der Waals surface area contributed by atoms with Crippen LogP contribution in [0.1, 0.15) is 60.1 Å². The van der Waals surface area contributed by atoms with Crippen LogP contribution in [0.2, 0.25) is 0 Å². The molecule has 0 unspecified atom stereocenters. The Bertz CT molecular complexity index is 1060. The maximum atomic E-state index is 13.4. The van der Waals surface area contributed by atoms with E-state index in [0.29, 0.717) is 32.7 Å². The van der Waals surface area contributed by atoms with Crippen molar-refractivity contribution >= 4 is 27.3 Å². The Hall–Kier alpha value is -1.71. The van der Waals surface area contributed by atoms with Crippen molar-refractivity contribution in [3.63, 3.8) is 0 Å². The van der Waals surface area contributed by atoms with Crippen LogP contribution in [0, 0.1) is 13.8 Å². The number of carbonyl (C=O) groups excluding carboxylic acids is 1. The zero-order valence-electron chi connectivity index (χ0n) is 18.1. The number of amides is 1. The number of hydrogen-bond donors (Lipinski definition) is 0. The first-order valence-corrected chi connectivity index (χ1v) is 12.9. The molecule has 30 heavy (non-hydrogen) atoms. The van der Waals surface area contributed by atoms with Crippen LogP contribution in [0.5, 0.6) is 0 Å². The molecule has 2 saturated heterocycles. The largest absolute Gasteiger partial charge is 0.345 e. The van der Waals surface area contributed by atoms with E-state index in [-0.39, 0.29) is 11.9 Å². The minimum atomic E-state index is -3.57. The molecule has 9 heteroatoms. The van der Waals surface area contributed by atoms with Crippen LogP contribution >= 0.6 is 11.3 Å². The molecule has 164 valence electrons. The fourth-order valence-electron chi connectivity index (χ4n) is 4.46. The summed E-state index contributed by atoms with van der Waals surface area (Å²) in [5, 5.41) is 0.689. The maximum Gasteiger partial charge on any atom is 0.265 e. The molecular weight excluding hydrogens is 420 g/mol. The van der Waals surface area contributed by atoms with Crippen LogP contribution in [0.15, 0.2) is 11.0 Å². The highest BCUT2D eigenvalue weighted by molar-refractivity contribution is 7.89. The second-order valence-corrected chi connectivity index (χ2v) is 11.3. The lowest BCUT2D eigenvalue weighted by Crippen LogP contribution is -2.42. The van der Waals surface area contributed by atoms with Gasteiger partial charge in [-0.3, -0.25) is 4.79 Å². The summed E-state index contributed by atoms with van der Waals surface area (Å²) in [6.07, 6.45) is 4.95. The van der Waals surface area contributed by atoms with E-state index >= 15 is 0 Å². The smallest absolute Gasteiger partial charge is 0.265 e. The fourth-order valence-corrected chi connectivity index (χ4v) is 7.52. The van der Waals surface area contributed by atoms with Gasteiger partial charge in [-0.1, -0.05) is 6.42 Å². The van der Waals surface area contributed by atoms with Crippen LogP contribution in [0.25, 0.3) is 10.7 Å². The number of hydrogen-bond acceptors (Lipinski definition) is 5. The average Bonchev–Trinajstić information content (AvgIpc) is 3.43. The fraction of sp³-hybridized carbons (Fsp3) is 0.619. The van der Waals surface area contributed by atoms with Gasteiger partial charge in [-0.2, -0.15) is 4.31 Å². The summed E-state index contributed by atoms with van der Waals surface area (Å²) in [5.74, 6) is 0.0367. The second kappa shape index (κ2) is 8.09. The van der Waals surface area contributed by atoms with Crippen LogP contribution in [0.4, 0.5) is 0 Å². The summed E-state index contributed by atoms with van der Waals surface area (Å²) >= 11 is 1.36. The molecule has 7 nitrogen and oxygen atoms in total. The SMILES string of the molecule is Cc1nc(-c2cc(S(=O)(=O)N3CCCC[C@H]3C)c(C)n2C)sc1C(=O)N1CCCC1. The Morgan fingerprint density at radius 1 is 1.13 bits per heavy atom. The van der Waals surface area contributed by atoms with Gasteiger partial charge in [-0.15, -0.1) is 11.3 Å². The second-order valence-electron chi connectivity index (χ2n) is 8.43. The molecule has 2 aliphatic heterocycles. The molecule has 4 rings (SSSR count). The van der Waals surface area contributed by atoms with Gasteiger partial charge in [0.2, 0.25) is 10.0 Å². The zero-order valence-corrected chi connectivity index (χ0v) is 19.8. The number of rotatable bonds is 4. The Balaban J connectivity index is 1.70. The van der Waals surface area contributed by atoms with Crippen molar-refractivity contribution in [3.05, 3.63) is 22.3 Å². The predicted molar refractivity (Wildman–Crippen MR) is 118 cm³/mol. The molecule has 4 heterocycles. The summed E-state index contributed by atoms with van der Waals surface area (Å²) in [5.41, 5.74) is 2.15. The minimum Gasteiger partial charge on any atom is -0.345 e. The van der Waals surface area contributed by atoms with Gasteiger partial charge in [-0.05, 0) is 52.5 Å². The first-order valence-electron chi connectivity index (χ1n) is 10.7. The van der Waals surface area contributed by atoms with Crippen molar-refractivity contribution in [1.29, 1.82) is 0 Å². The number of carbonyl (C=O) groups is 1. The molecule has 0 saturated carbocycles. The number of nitrogens with zero attached hydrogens (tertiary/aromatic N) is 4. The van der Waals surface area contributed by atoms with E-state index in [1.165, 1.54) is 11.3 Å². The molecule has 0 aliphatic carbocycles. The molecule has 1 amide bonds. The lowest BCUT2D eigenvalue weighted by molar-refractivity contribution is 0.0796. The lowest BCUT2D eigenvalue weighted by Gasteiger charge is -2.32. The third kappa shape index (κ3) is 3.61. The van der Waals surface area contributed by atoms with Gasteiger partial charge in [0.05, 0.1) is 11.4 Å². The lowest BCUT2D eigenvalue weighted by atomic mass is 10.1. The van der Waals surface area contributed by atoms with Gasteiger partial charge in [0.1, 0.15) is 14.8 Å². The van der Waals surface area contributed by atoms with Crippen molar-refractivity contribution in [1.82, 2.24) is 18.8 Å². The summed E-state index contributed by atoms with van der Waals surface area (Å²) in [7, 11) is -1.71. The summed E-state index contributed by atoms with van der Waals surface area (Å²) < 4.78 is 30.3. The van der Waals surface area contributed by atoms with E-state index < -0.39 is 10.0 Å². The van der Waals surface area contributed by atoms with Gasteiger partial charge in [0, 0.05) is 38.4 Å². The Morgan fingerprint density at radius 2 is 1.80 bits per heavy atom. The van der Waals surface area contributed by atoms with E-state index in [4.69, 9.17) is 0 Å². The standard InChI is InChI=1S/C21H30N4O3S2/c1-14-9-5-6-12-25(14)30(27,28)18-13-17(23(4)16(18)3)20-22-15(2)19(29-20)21(26)24-10-7-8-11-24/h13-14H,5-12H2,1-4H3/t14-/m1/s1. The Labute approximate surface area is 182 Å². The molecule has 2 aliphatic rings. The van der Waals surface area contributed by atoms with Crippen molar-refractivity contribution in [2.45, 2.75) is 63.8 Å². The molecule has 0 N–H and O–H groups in total. The predicted octanol–water partition coefficient (Wildman–Crippen LogP) is 3.56. The third-order valence-electron chi connectivity index (χ3n) is 6.42. The molecule has 0 aromatic carbocycles. The maximum absolute atomic E-state index is 13.4. The van der Waals surface area contributed by atoms with Crippen LogP contribution < -0.4 is 0 Å². The Kier molecular flexibility index (Phi) is 5.80. The molecular formula is C21H30N4O3S2. The minimum absolute atomic E-state index is 0.0126. The van der Waals surface area contributed by atoms with E-state index in [9.17, 15) is 13.2 Å². The van der Waals surface area contributed by atoms with Crippen LogP contribution in [-0.4, -0.2) is 58.8 Å². The van der Waals surface area contributed by atoms with Crippen LogP contribution in [-0.2, 0) is 17.1 Å². The van der Waals surface area contributed by atoms with E-state index in [0.717, 1.165) is 50.9 Å². The molecule has 2 fully saturated rings. The summed E-state index contributed by atoms with van der Waals surface area (Å²) in [6, 6.07) is 1.74. The van der Waals surface area contributed by atoms with E-state index in [1.807, 2.05) is 37.3 Å². The zero-order chi connectivity index (χ0) is 21.6. The summed E-state index contributed by atoms with van der Waals surface area (Å²) in [6.45, 7) is 7.83. The van der Waals surface area contributed by atoms with Crippen molar-refractivity contribution < 1.29 is 13.2 Å². The number of thiazole rings is 1. The van der Waals surface area contributed by atoms with E-state index in [1.54, 1.807) is 10.4 Å². The Morgan fingerprint density at radius 3 is 2.47 bits per heavy atom. The molecule has 0 radical (unpaired) electrons. The number of aryl methyl sites for hydroxylation is 1. The molecule has 1 atom stereocenters. The van der Waals surface area contributed by atoms with E-state index in [2.05, 4.69) is 4.98 Å². The number of sulfonamides is 1. The van der Waals surface area contributed by atoms with Gasteiger partial charge in [-0.25, -0.2) is 13.4 Å². The first-order chi connectivity index (χ1) is 14.2. The van der Waals surface area contributed by atoms with Gasteiger partial charge < -0.3 is 9.47 Å². The molecule has 0 bridgehead atoms. The average molecular weight is 451 g/mol. The van der Waals surface area contributed by atoms with Gasteiger partial charge >= 0.3 is 0 Å². The van der Waals surface area contributed by atoms with Crippen LogP contribution in [0.3, 0.4) is 0 Å². The monoisotopic (exact) mass is 450 g/mol.